The maximum Gasteiger partial charge on any atom is 0.254 e. The Morgan fingerprint density at radius 3 is 2.80 bits per heavy atom. The molecule has 4 nitrogen and oxygen atoms in total. The summed E-state index contributed by atoms with van der Waals surface area (Å²) >= 11 is 0. The molecule has 20 heavy (non-hydrogen) atoms. The Hall–Kier alpha value is -1.99. The summed E-state index contributed by atoms with van der Waals surface area (Å²) in [4.78, 5) is 14.4. The lowest BCUT2D eigenvalue weighted by Crippen LogP contribution is -2.32. The summed E-state index contributed by atoms with van der Waals surface area (Å²) in [5, 5.41) is 8.79. The van der Waals surface area contributed by atoms with E-state index in [0.717, 1.165) is 12.8 Å². The Morgan fingerprint density at radius 2 is 2.25 bits per heavy atom. The van der Waals surface area contributed by atoms with Crippen LogP contribution in [0.5, 0.6) is 5.75 Å². The molecule has 1 aromatic rings. The number of aliphatic hydroxyl groups is 1. The number of carbonyl (C=O) groups excluding carboxylic acids is 1. The second-order valence-corrected chi connectivity index (χ2v) is 4.70. The van der Waals surface area contributed by atoms with Gasteiger partial charge in [0.15, 0.2) is 0 Å². The van der Waals surface area contributed by atoms with E-state index in [1.807, 2.05) is 11.8 Å². The highest BCUT2D eigenvalue weighted by Crippen LogP contribution is 2.28. The molecule has 2 rings (SSSR count). The van der Waals surface area contributed by atoms with E-state index in [4.69, 9.17) is 9.84 Å². The number of benzene rings is 1. The molecular weight excluding hydrogens is 254 g/mol. The third-order valence-corrected chi connectivity index (χ3v) is 3.34. The highest BCUT2D eigenvalue weighted by Gasteiger charge is 2.31. The van der Waals surface area contributed by atoms with E-state index in [9.17, 15) is 4.79 Å². The van der Waals surface area contributed by atoms with Crippen molar-refractivity contribution in [1.82, 2.24) is 4.90 Å². The smallest absolute Gasteiger partial charge is 0.254 e. The van der Waals surface area contributed by atoms with Gasteiger partial charge >= 0.3 is 0 Å². The minimum absolute atomic E-state index is 0.0321. The molecule has 0 spiro atoms. The molecule has 1 N–H and O–H groups in total. The molecule has 1 aliphatic rings. The van der Waals surface area contributed by atoms with Crippen LogP contribution in [0.2, 0.25) is 0 Å². The molecule has 0 heterocycles. The van der Waals surface area contributed by atoms with Crippen molar-refractivity contribution >= 4 is 5.91 Å². The van der Waals surface area contributed by atoms with E-state index in [1.54, 1.807) is 25.3 Å². The summed E-state index contributed by atoms with van der Waals surface area (Å²) in [5.41, 5.74) is 1.24. The maximum atomic E-state index is 12.5. The SMILES string of the molecule is CCN(C(=O)c1ccc(OC)c(C#CCO)c1)C1CC1. The molecule has 0 bridgehead atoms. The first-order chi connectivity index (χ1) is 9.71. The lowest BCUT2D eigenvalue weighted by molar-refractivity contribution is 0.0752. The fourth-order valence-corrected chi connectivity index (χ4v) is 2.19. The van der Waals surface area contributed by atoms with Crippen molar-refractivity contribution in [1.29, 1.82) is 0 Å². The molecule has 0 saturated heterocycles. The maximum absolute atomic E-state index is 12.5. The van der Waals surface area contributed by atoms with Gasteiger partial charge in [0, 0.05) is 18.2 Å². The molecule has 4 heteroatoms. The van der Waals surface area contributed by atoms with Crippen LogP contribution in [-0.2, 0) is 0 Å². The van der Waals surface area contributed by atoms with Crippen LogP contribution in [0.15, 0.2) is 18.2 Å². The van der Waals surface area contributed by atoms with E-state index >= 15 is 0 Å². The van der Waals surface area contributed by atoms with Crippen LogP contribution < -0.4 is 4.74 Å². The first kappa shape index (κ1) is 14.4. The largest absolute Gasteiger partial charge is 0.495 e. The summed E-state index contributed by atoms with van der Waals surface area (Å²) in [6, 6.07) is 5.63. The molecule has 0 unspecified atom stereocenters. The summed E-state index contributed by atoms with van der Waals surface area (Å²) in [6.07, 6.45) is 2.18. The van der Waals surface area contributed by atoms with Crippen LogP contribution in [0.3, 0.4) is 0 Å². The zero-order chi connectivity index (χ0) is 14.5. The molecule has 1 aromatic carbocycles. The van der Waals surface area contributed by atoms with Crippen LogP contribution in [0.25, 0.3) is 0 Å². The number of hydrogen-bond donors (Lipinski definition) is 1. The van der Waals surface area contributed by atoms with Gasteiger partial charge < -0.3 is 14.7 Å². The van der Waals surface area contributed by atoms with Gasteiger partial charge in [-0.25, -0.2) is 0 Å². The van der Waals surface area contributed by atoms with Crippen LogP contribution in [0, 0.1) is 11.8 Å². The summed E-state index contributed by atoms with van der Waals surface area (Å²) in [7, 11) is 1.56. The topological polar surface area (TPSA) is 49.8 Å². The van der Waals surface area contributed by atoms with Crippen molar-refractivity contribution in [2.45, 2.75) is 25.8 Å². The molecule has 0 radical (unpaired) electrons. The van der Waals surface area contributed by atoms with Gasteiger partial charge in [0.2, 0.25) is 0 Å². The normalized spacial score (nSPS) is 13.3. The first-order valence-corrected chi connectivity index (χ1v) is 6.80. The zero-order valence-corrected chi connectivity index (χ0v) is 11.8. The third-order valence-electron chi connectivity index (χ3n) is 3.34. The summed E-state index contributed by atoms with van der Waals surface area (Å²) in [5.74, 6) is 6.04. The van der Waals surface area contributed by atoms with Crippen molar-refractivity contribution < 1.29 is 14.6 Å². The van der Waals surface area contributed by atoms with E-state index in [2.05, 4.69) is 11.8 Å². The molecule has 0 atom stereocenters. The van der Waals surface area contributed by atoms with Crippen LogP contribution in [-0.4, -0.2) is 42.2 Å². The fourth-order valence-electron chi connectivity index (χ4n) is 2.19. The van der Waals surface area contributed by atoms with Gasteiger partial charge in [-0.2, -0.15) is 0 Å². The number of methoxy groups -OCH3 is 1. The zero-order valence-electron chi connectivity index (χ0n) is 11.8. The number of hydrogen-bond acceptors (Lipinski definition) is 3. The van der Waals surface area contributed by atoms with Gasteiger partial charge in [-0.3, -0.25) is 4.79 Å². The van der Waals surface area contributed by atoms with Gasteiger partial charge in [0.1, 0.15) is 12.4 Å². The van der Waals surface area contributed by atoms with Crippen molar-refractivity contribution in [2.75, 3.05) is 20.3 Å². The van der Waals surface area contributed by atoms with Crippen LogP contribution in [0.1, 0.15) is 35.7 Å². The lowest BCUT2D eigenvalue weighted by atomic mass is 10.1. The summed E-state index contributed by atoms with van der Waals surface area (Å²) < 4.78 is 5.21. The molecular formula is C16H19NO3. The van der Waals surface area contributed by atoms with Gasteiger partial charge in [-0.15, -0.1) is 0 Å². The van der Waals surface area contributed by atoms with E-state index in [1.165, 1.54) is 0 Å². The van der Waals surface area contributed by atoms with Crippen molar-refractivity contribution in [3.8, 4) is 17.6 Å². The molecule has 1 amide bonds. The Bertz CT molecular complexity index is 553. The minimum atomic E-state index is -0.218. The highest BCUT2D eigenvalue weighted by atomic mass is 16.5. The van der Waals surface area contributed by atoms with Crippen molar-refractivity contribution in [3.63, 3.8) is 0 Å². The second-order valence-electron chi connectivity index (χ2n) is 4.70. The molecule has 1 saturated carbocycles. The average Bonchev–Trinajstić information content (AvgIpc) is 3.30. The number of amides is 1. The monoisotopic (exact) mass is 273 g/mol. The number of nitrogens with zero attached hydrogens (tertiary/aromatic N) is 1. The Balaban J connectivity index is 2.29. The molecule has 0 aliphatic heterocycles. The van der Waals surface area contributed by atoms with Crippen LogP contribution >= 0.6 is 0 Å². The number of aliphatic hydroxyl groups excluding tert-OH is 1. The molecule has 1 aliphatic carbocycles. The van der Waals surface area contributed by atoms with Gasteiger partial charge in [-0.1, -0.05) is 11.8 Å². The van der Waals surface area contributed by atoms with Gasteiger partial charge in [-0.05, 0) is 38.0 Å². The van der Waals surface area contributed by atoms with Crippen molar-refractivity contribution in [3.05, 3.63) is 29.3 Å². The first-order valence-electron chi connectivity index (χ1n) is 6.80. The molecule has 1 fully saturated rings. The van der Waals surface area contributed by atoms with E-state index in [0.29, 0.717) is 29.5 Å². The van der Waals surface area contributed by atoms with Gasteiger partial charge in [0.05, 0.1) is 12.7 Å². The Labute approximate surface area is 119 Å². The average molecular weight is 273 g/mol. The van der Waals surface area contributed by atoms with E-state index < -0.39 is 0 Å². The highest BCUT2D eigenvalue weighted by molar-refractivity contribution is 5.95. The predicted octanol–water partition coefficient (Wildman–Crippen LogP) is 1.66. The standard InChI is InChI=1S/C16H19NO3/c1-3-17(14-7-8-14)16(19)13-6-9-15(20-2)12(11-13)5-4-10-18/h6,9,11,14,18H,3,7-8,10H2,1-2H3. The number of rotatable bonds is 4. The Kier molecular flexibility index (Phi) is 4.65. The molecule has 106 valence electrons. The molecule has 0 aromatic heterocycles. The van der Waals surface area contributed by atoms with Gasteiger partial charge in [0.25, 0.3) is 5.91 Å². The number of ether oxygens (including phenoxy) is 1. The van der Waals surface area contributed by atoms with Crippen molar-refractivity contribution in [2.24, 2.45) is 0 Å². The summed E-state index contributed by atoms with van der Waals surface area (Å²) in [6.45, 7) is 2.49. The Morgan fingerprint density at radius 1 is 1.50 bits per heavy atom. The fraction of sp³-hybridized carbons (Fsp3) is 0.438. The quantitative estimate of drug-likeness (QED) is 0.849. The van der Waals surface area contributed by atoms with Crippen LogP contribution in [0.4, 0.5) is 0 Å². The predicted molar refractivity (Wildman–Crippen MR) is 76.7 cm³/mol. The lowest BCUT2D eigenvalue weighted by Gasteiger charge is -2.20. The van der Waals surface area contributed by atoms with E-state index in [-0.39, 0.29) is 12.5 Å². The number of carbonyl (C=O) groups is 1. The third kappa shape index (κ3) is 3.12. The minimum Gasteiger partial charge on any atom is -0.495 e. The second kappa shape index (κ2) is 6.44.